The lowest BCUT2D eigenvalue weighted by atomic mass is 10.2. The number of halogens is 1. The van der Waals surface area contributed by atoms with Gasteiger partial charge in [-0.05, 0) is 26.0 Å². The number of thiophene rings is 1. The van der Waals surface area contributed by atoms with Crippen LogP contribution in [0.15, 0.2) is 12.1 Å². The van der Waals surface area contributed by atoms with Gasteiger partial charge in [-0.1, -0.05) is 0 Å². The molecule has 0 unspecified atom stereocenters. The second kappa shape index (κ2) is 5.66. The number of nitrogens with one attached hydrogen (secondary N) is 1. The molecule has 1 aliphatic rings. The van der Waals surface area contributed by atoms with Crippen molar-refractivity contribution in [1.29, 1.82) is 0 Å². The minimum absolute atomic E-state index is 0. The quantitative estimate of drug-likeness (QED) is 0.837. The third-order valence-electron chi connectivity index (χ3n) is 2.61. The van der Waals surface area contributed by atoms with Crippen LogP contribution in [0, 0.1) is 6.92 Å². The number of carbonyl (C=O) groups is 1. The summed E-state index contributed by atoms with van der Waals surface area (Å²) in [6.07, 6.45) is 0. The maximum Gasteiger partial charge on any atom is 0.264 e. The maximum absolute atomic E-state index is 12.1. The molecular weight excluding hydrogens is 244 g/mol. The molecule has 2 rings (SSSR count). The second-order valence-corrected chi connectivity index (χ2v) is 5.30. The van der Waals surface area contributed by atoms with Crippen LogP contribution in [-0.4, -0.2) is 36.5 Å². The van der Waals surface area contributed by atoms with Gasteiger partial charge in [0.2, 0.25) is 0 Å². The van der Waals surface area contributed by atoms with Crippen LogP contribution in [0.3, 0.4) is 0 Å². The molecule has 1 atom stereocenters. The molecule has 1 aromatic rings. The molecule has 0 aliphatic carbocycles. The van der Waals surface area contributed by atoms with Crippen molar-refractivity contribution < 1.29 is 4.79 Å². The Hall–Kier alpha value is -0.580. The molecule has 1 saturated heterocycles. The fourth-order valence-corrected chi connectivity index (χ4v) is 2.66. The van der Waals surface area contributed by atoms with Crippen molar-refractivity contribution in [2.24, 2.45) is 0 Å². The minimum Gasteiger partial charge on any atom is -0.335 e. The van der Waals surface area contributed by atoms with Crippen molar-refractivity contribution in [1.82, 2.24) is 10.2 Å². The lowest BCUT2D eigenvalue weighted by molar-refractivity contribution is 0.0714. The molecule has 1 aromatic heterocycles. The van der Waals surface area contributed by atoms with Gasteiger partial charge in [0.15, 0.2) is 0 Å². The Labute approximate surface area is 106 Å². The smallest absolute Gasteiger partial charge is 0.264 e. The lowest BCUT2D eigenvalue weighted by Crippen LogP contribution is -2.51. The molecule has 5 heteroatoms. The van der Waals surface area contributed by atoms with E-state index in [-0.39, 0.29) is 18.3 Å². The molecule has 0 saturated carbocycles. The molecule has 0 bridgehead atoms. The van der Waals surface area contributed by atoms with Crippen LogP contribution in [-0.2, 0) is 0 Å². The van der Waals surface area contributed by atoms with Crippen molar-refractivity contribution in [3.05, 3.63) is 21.9 Å². The normalized spacial score (nSPS) is 20.4. The van der Waals surface area contributed by atoms with Gasteiger partial charge in [0.05, 0.1) is 4.88 Å². The zero-order chi connectivity index (χ0) is 10.8. The monoisotopic (exact) mass is 260 g/mol. The number of hydrogen-bond donors (Lipinski definition) is 1. The van der Waals surface area contributed by atoms with Crippen molar-refractivity contribution in [2.45, 2.75) is 19.9 Å². The maximum atomic E-state index is 12.1. The van der Waals surface area contributed by atoms with Crippen molar-refractivity contribution in [3.63, 3.8) is 0 Å². The van der Waals surface area contributed by atoms with Gasteiger partial charge in [-0.2, -0.15) is 0 Å². The highest BCUT2D eigenvalue weighted by atomic mass is 35.5. The fourth-order valence-electron chi connectivity index (χ4n) is 1.82. The van der Waals surface area contributed by atoms with Crippen LogP contribution in [0.25, 0.3) is 0 Å². The van der Waals surface area contributed by atoms with Crippen LogP contribution in [0.5, 0.6) is 0 Å². The fraction of sp³-hybridized carbons (Fsp3) is 0.545. The number of carbonyl (C=O) groups excluding carboxylic acids is 1. The molecule has 3 nitrogen and oxygen atoms in total. The molecule has 1 N–H and O–H groups in total. The number of hydrogen-bond acceptors (Lipinski definition) is 3. The van der Waals surface area contributed by atoms with Gasteiger partial charge in [0.1, 0.15) is 0 Å². The Morgan fingerprint density at radius 1 is 1.56 bits per heavy atom. The largest absolute Gasteiger partial charge is 0.335 e. The summed E-state index contributed by atoms with van der Waals surface area (Å²) in [4.78, 5) is 16.1. The molecule has 0 spiro atoms. The van der Waals surface area contributed by atoms with Gasteiger partial charge in [-0.3, -0.25) is 4.79 Å². The van der Waals surface area contributed by atoms with Crippen LogP contribution >= 0.6 is 23.7 Å². The summed E-state index contributed by atoms with van der Waals surface area (Å²) in [6, 6.07) is 4.34. The van der Waals surface area contributed by atoms with Crippen LogP contribution < -0.4 is 5.32 Å². The Kier molecular flexibility index (Phi) is 4.77. The molecule has 0 aromatic carbocycles. The minimum atomic E-state index is 0. The summed E-state index contributed by atoms with van der Waals surface area (Å²) in [5.41, 5.74) is 0. The highest BCUT2D eigenvalue weighted by molar-refractivity contribution is 7.13. The molecule has 2 heterocycles. The first-order valence-corrected chi connectivity index (χ1v) is 6.07. The Morgan fingerprint density at radius 2 is 2.31 bits per heavy atom. The Balaban J connectivity index is 0.00000128. The van der Waals surface area contributed by atoms with E-state index in [4.69, 9.17) is 0 Å². The van der Waals surface area contributed by atoms with Crippen molar-refractivity contribution >= 4 is 29.7 Å². The van der Waals surface area contributed by atoms with Crippen molar-refractivity contribution in [3.8, 4) is 0 Å². The molecule has 1 fully saturated rings. The topological polar surface area (TPSA) is 32.3 Å². The first-order valence-electron chi connectivity index (χ1n) is 5.26. The molecule has 1 aliphatic heterocycles. The predicted molar refractivity (Wildman–Crippen MR) is 69.7 cm³/mol. The second-order valence-electron chi connectivity index (χ2n) is 4.02. The number of amides is 1. The standard InChI is InChI=1S/C11H16N2OS.ClH/c1-8-7-13(6-5-12-8)11(14)10-4-3-9(2)15-10;/h3-4,8,12H,5-7H2,1-2H3;1H/t8-;/m1./s1. The van der Waals surface area contributed by atoms with E-state index in [2.05, 4.69) is 12.2 Å². The first kappa shape index (κ1) is 13.5. The summed E-state index contributed by atoms with van der Waals surface area (Å²) in [5.74, 6) is 0.182. The lowest BCUT2D eigenvalue weighted by Gasteiger charge is -2.31. The molecule has 16 heavy (non-hydrogen) atoms. The van der Waals surface area contributed by atoms with Crippen molar-refractivity contribution in [2.75, 3.05) is 19.6 Å². The van der Waals surface area contributed by atoms with E-state index >= 15 is 0 Å². The van der Waals surface area contributed by atoms with Gasteiger partial charge < -0.3 is 10.2 Å². The average Bonchev–Trinajstić information content (AvgIpc) is 2.64. The zero-order valence-corrected chi connectivity index (χ0v) is 11.2. The summed E-state index contributed by atoms with van der Waals surface area (Å²) in [6.45, 7) is 6.67. The molecule has 90 valence electrons. The Bertz CT molecular complexity index is 367. The number of rotatable bonds is 1. The number of nitrogens with zero attached hydrogens (tertiary/aromatic N) is 1. The van der Waals surface area contributed by atoms with Crippen LogP contribution in [0.4, 0.5) is 0 Å². The van der Waals surface area contributed by atoms with E-state index in [9.17, 15) is 4.79 Å². The molecule has 0 radical (unpaired) electrons. The van der Waals surface area contributed by atoms with Gasteiger partial charge in [-0.15, -0.1) is 23.7 Å². The van der Waals surface area contributed by atoms with E-state index in [0.717, 1.165) is 24.5 Å². The first-order chi connectivity index (χ1) is 7.16. The van der Waals surface area contributed by atoms with Crippen LogP contribution in [0.1, 0.15) is 21.5 Å². The Morgan fingerprint density at radius 3 is 2.88 bits per heavy atom. The van der Waals surface area contributed by atoms with E-state index in [1.165, 1.54) is 4.88 Å². The van der Waals surface area contributed by atoms with E-state index in [1.807, 2.05) is 24.0 Å². The van der Waals surface area contributed by atoms with E-state index in [1.54, 1.807) is 11.3 Å². The highest BCUT2D eigenvalue weighted by Crippen LogP contribution is 2.17. The van der Waals surface area contributed by atoms with Gasteiger partial charge in [0.25, 0.3) is 5.91 Å². The van der Waals surface area contributed by atoms with E-state index in [0.29, 0.717) is 6.04 Å². The number of aryl methyl sites for hydroxylation is 1. The summed E-state index contributed by atoms with van der Waals surface area (Å²) < 4.78 is 0. The average molecular weight is 261 g/mol. The third-order valence-corrected chi connectivity index (χ3v) is 3.60. The van der Waals surface area contributed by atoms with Crippen LogP contribution in [0.2, 0.25) is 0 Å². The highest BCUT2D eigenvalue weighted by Gasteiger charge is 2.22. The summed E-state index contributed by atoms with van der Waals surface area (Å²) in [7, 11) is 0. The van der Waals surface area contributed by atoms with Gasteiger partial charge in [0, 0.05) is 30.6 Å². The molecule has 1 amide bonds. The number of piperazine rings is 1. The zero-order valence-electron chi connectivity index (χ0n) is 9.53. The SMILES string of the molecule is Cc1ccc(C(=O)N2CCN[C@H](C)C2)s1.Cl. The van der Waals surface area contributed by atoms with E-state index < -0.39 is 0 Å². The van der Waals surface area contributed by atoms with Gasteiger partial charge >= 0.3 is 0 Å². The van der Waals surface area contributed by atoms with Gasteiger partial charge in [-0.25, -0.2) is 0 Å². The summed E-state index contributed by atoms with van der Waals surface area (Å²) in [5, 5.41) is 3.33. The summed E-state index contributed by atoms with van der Waals surface area (Å²) >= 11 is 1.58. The third kappa shape index (κ3) is 2.97. The molecular formula is C11H17ClN2OS. The predicted octanol–water partition coefficient (Wildman–Crippen LogP) is 1.91.